The molecule has 162 valence electrons. The van der Waals surface area contributed by atoms with Gasteiger partial charge in [-0.15, -0.1) is 0 Å². The average Bonchev–Trinajstić information content (AvgIpc) is 3.54. The largest absolute Gasteiger partial charge is 0.467 e. The van der Waals surface area contributed by atoms with Gasteiger partial charge in [-0.25, -0.2) is 4.98 Å². The summed E-state index contributed by atoms with van der Waals surface area (Å²) in [5.74, 6) is 0.527. The van der Waals surface area contributed by atoms with Gasteiger partial charge in [0.2, 0.25) is 0 Å². The molecule has 3 aromatic heterocycles. The summed E-state index contributed by atoms with van der Waals surface area (Å²) in [6.45, 7) is 1.53. The Labute approximate surface area is 183 Å². The summed E-state index contributed by atoms with van der Waals surface area (Å²) in [6, 6.07) is 12.9. The zero-order valence-electron chi connectivity index (χ0n) is 17.3. The fourth-order valence-corrected chi connectivity index (χ4v) is 3.95. The van der Waals surface area contributed by atoms with Crippen molar-refractivity contribution in [3.05, 3.63) is 77.8 Å². The third-order valence-corrected chi connectivity index (χ3v) is 5.72. The van der Waals surface area contributed by atoms with E-state index in [2.05, 4.69) is 25.5 Å². The number of nitrogens with zero attached hydrogens (tertiary/aromatic N) is 4. The lowest BCUT2D eigenvalue weighted by Gasteiger charge is -2.31. The summed E-state index contributed by atoms with van der Waals surface area (Å²) >= 11 is 0. The molecule has 1 aliphatic heterocycles. The minimum absolute atomic E-state index is 0.107. The number of likely N-dealkylation sites (tertiary alicyclic amines) is 1. The number of nitrogens with one attached hydrogen (secondary N) is 2. The molecule has 0 saturated carbocycles. The molecule has 9 heteroatoms. The number of amides is 2. The summed E-state index contributed by atoms with van der Waals surface area (Å²) < 4.78 is 5.22. The maximum Gasteiger partial charge on any atom is 0.274 e. The predicted octanol–water partition coefficient (Wildman–Crippen LogP) is 2.90. The molecule has 9 nitrogen and oxygen atoms in total. The van der Waals surface area contributed by atoms with Gasteiger partial charge in [0.1, 0.15) is 17.1 Å². The first-order valence-corrected chi connectivity index (χ1v) is 10.5. The van der Waals surface area contributed by atoms with Gasteiger partial charge in [0.05, 0.1) is 30.0 Å². The molecule has 0 spiro atoms. The Morgan fingerprint density at radius 2 is 1.91 bits per heavy atom. The zero-order valence-corrected chi connectivity index (χ0v) is 17.3. The van der Waals surface area contributed by atoms with E-state index in [4.69, 9.17) is 4.42 Å². The van der Waals surface area contributed by atoms with Crippen molar-refractivity contribution in [2.24, 2.45) is 0 Å². The summed E-state index contributed by atoms with van der Waals surface area (Å²) in [6.07, 6.45) is 4.67. The molecule has 4 heterocycles. The fourth-order valence-electron chi connectivity index (χ4n) is 3.95. The van der Waals surface area contributed by atoms with Gasteiger partial charge >= 0.3 is 0 Å². The van der Waals surface area contributed by atoms with Crippen LogP contribution in [0.5, 0.6) is 0 Å². The van der Waals surface area contributed by atoms with E-state index in [1.807, 2.05) is 29.2 Å². The van der Waals surface area contributed by atoms with Crippen LogP contribution < -0.4 is 5.32 Å². The van der Waals surface area contributed by atoms with Crippen molar-refractivity contribution in [3.63, 3.8) is 0 Å². The standard InChI is InChI=1S/C23H22N6O3/c30-22(25-13-16-4-3-11-32-16)20-12-19(27-28-20)15-7-9-29(10-8-15)23(31)21-14-24-17-5-1-2-6-18(17)26-21/h1-6,11-12,14-15H,7-10,13H2,(H,25,30)(H,27,28). The van der Waals surface area contributed by atoms with Gasteiger partial charge in [-0.1, -0.05) is 12.1 Å². The van der Waals surface area contributed by atoms with Crippen molar-refractivity contribution in [2.75, 3.05) is 13.1 Å². The van der Waals surface area contributed by atoms with Crippen molar-refractivity contribution in [3.8, 4) is 0 Å². The molecule has 5 rings (SSSR count). The monoisotopic (exact) mass is 430 g/mol. The van der Waals surface area contributed by atoms with Gasteiger partial charge in [0.15, 0.2) is 0 Å². The zero-order chi connectivity index (χ0) is 21.9. The topological polar surface area (TPSA) is 117 Å². The summed E-state index contributed by atoms with van der Waals surface area (Å²) in [5, 5.41) is 9.93. The molecule has 0 unspecified atom stereocenters. The normalized spacial score (nSPS) is 14.6. The molecule has 2 N–H and O–H groups in total. The number of carbonyl (C=O) groups excluding carboxylic acids is 2. The number of rotatable bonds is 5. The molecule has 1 aliphatic rings. The van der Waals surface area contributed by atoms with Gasteiger partial charge in [0, 0.05) is 24.7 Å². The molecule has 1 saturated heterocycles. The Hall–Kier alpha value is -4.01. The fraction of sp³-hybridized carbons (Fsp3) is 0.261. The highest BCUT2D eigenvalue weighted by Crippen LogP contribution is 2.27. The van der Waals surface area contributed by atoms with Crippen molar-refractivity contribution in [2.45, 2.75) is 25.3 Å². The second-order valence-electron chi connectivity index (χ2n) is 7.78. The molecule has 0 aliphatic carbocycles. The van der Waals surface area contributed by atoms with Crippen LogP contribution in [0.2, 0.25) is 0 Å². The molecular weight excluding hydrogens is 408 g/mol. The minimum Gasteiger partial charge on any atom is -0.467 e. The Kier molecular flexibility index (Phi) is 5.37. The number of carbonyl (C=O) groups is 2. The van der Waals surface area contributed by atoms with E-state index >= 15 is 0 Å². The Bertz CT molecular complexity index is 1240. The van der Waals surface area contributed by atoms with Crippen molar-refractivity contribution >= 4 is 22.8 Å². The van der Waals surface area contributed by atoms with Crippen molar-refractivity contribution in [1.82, 2.24) is 30.4 Å². The minimum atomic E-state index is -0.258. The Balaban J connectivity index is 1.18. The number of fused-ring (bicyclic) bond motifs is 1. The lowest BCUT2D eigenvalue weighted by atomic mass is 9.93. The van der Waals surface area contributed by atoms with Crippen LogP contribution in [-0.4, -0.2) is 50.0 Å². The van der Waals surface area contributed by atoms with Crippen LogP contribution in [0.15, 0.2) is 59.3 Å². The first kappa shape index (κ1) is 19.9. The highest BCUT2D eigenvalue weighted by molar-refractivity contribution is 5.94. The van der Waals surface area contributed by atoms with E-state index in [0.717, 1.165) is 24.1 Å². The van der Waals surface area contributed by atoms with Crippen LogP contribution >= 0.6 is 0 Å². The van der Waals surface area contributed by atoms with Crippen LogP contribution in [0.1, 0.15) is 51.2 Å². The summed E-state index contributed by atoms with van der Waals surface area (Å²) in [7, 11) is 0. The molecule has 2 amide bonds. The molecule has 32 heavy (non-hydrogen) atoms. The first-order valence-electron chi connectivity index (χ1n) is 10.5. The molecule has 0 radical (unpaired) electrons. The number of para-hydroxylation sites is 2. The number of H-pyrrole nitrogens is 1. The number of furan rings is 1. The average molecular weight is 430 g/mol. The van der Waals surface area contributed by atoms with Gasteiger partial charge in [-0.2, -0.15) is 5.10 Å². The van der Waals surface area contributed by atoms with Gasteiger partial charge in [-0.05, 0) is 43.2 Å². The maximum atomic E-state index is 12.9. The lowest BCUT2D eigenvalue weighted by molar-refractivity contribution is 0.0706. The Morgan fingerprint density at radius 1 is 1.09 bits per heavy atom. The highest BCUT2D eigenvalue weighted by Gasteiger charge is 2.27. The third kappa shape index (κ3) is 4.09. The smallest absolute Gasteiger partial charge is 0.274 e. The number of benzene rings is 1. The number of aromatic nitrogens is 4. The van der Waals surface area contributed by atoms with Crippen LogP contribution in [0.3, 0.4) is 0 Å². The molecule has 1 aromatic carbocycles. The molecule has 4 aromatic rings. The Morgan fingerprint density at radius 3 is 2.69 bits per heavy atom. The predicted molar refractivity (Wildman–Crippen MR) is 116 cm³/mol. The molecular formula is C23H22N6O3. The molecule has 0 bridgehead atoms. The van der Waals surface area contributed by atoms with E-state index in [1.165, 1.54) is 0 Å². The number of hydrogen-bond donors (Lipinski definition) is 2. The van der Waals surface area contributed by atoms with Crippen molar-refractivity contribution < 1.29 is 14.0 Å². The second-order valence-corrected chi connectivity index (χ2v) is 7.78. The number of hydrogen-bond acceptors (Lipinski definition) is 6. The second kappa shape index (κ2) is 8.62. The maximum absolute atomic E-state index is 12.9. The number of aromatic amines is 1. The van der Waals surface area contributed by atoms with Crippen molar-refractivity contribution in [1.29, 1.82) is 0 Å². The summed E-state index contributed by atoms with van der Waals surface area (Å²) in [4.78, 5) is 35.8. The molecule has 1 fully saturated rings. The van der Waals surface area contributed by atoms with E-state index in [0.29, 0.717) is 42.3 Å². The van der Waals surface area contributed by atoms with E-state index in [1.54, 1.807) is 30.7 Å². The lowest BCUT2D eigenvalue weighted by Crippen LogP contribution is -2.38. The van der Waals surface area contributed by atoms with E-state index in [9.17, 15) is 9.59 Å². The van der Waals surface area contributed by atoms with Crippen LogP contribution in [0.4, 0.5) is 0 Å². The van der Waals surface area contributed by atoms with E-state index in [-0.39, 0.29) is 17.7 Å². The SMILES string of the molecule is O=C(NCc1ccco1)c1cc(C2CCN(C(=O)c3cnc4ccccc4n3)CC2)[nH]n1. The third-order valence-electron chi connectivity index (χ3n) is 5.72. The van der Waals surface area contributed by atoms with Crippen LogP contribution in [0, 0.1) is 0 Å². The quantitative estimate of drug-likeness (QED) is 0.503. The van der Waals surface area contributed by atoms with Gasteiger partial charge < -0.3 is 14.6 Å². The molecule has 0 atom stereocenters. The van der Waals surface area contributed by atoms with Gasteiger partial charge in [0.25, 0.3) is 11.8 Å². The summed E-state index contributed by atoms with van der Waals surface area (Å²) in [5.41, 5.74) is 3.09. The van der Waals surface area contributed by atoms with E-state index < -0.39 is 0 Å². The van der Waals surface area contributed by atoms with Crippen LogP contribution in [-0.2, 0) is 6.54 Å². The van der Waals surface area contributed by atoms with Crippen LogP contribution in [0.25, 0.3) is 11.0 Å². The highest BCUT2D eigenvalue weighted by atomic mass is 16.3. The van der Waals surface area contributed by atoms with Gasteiger partial charge in [-0.3, -0.25) is 19.7 Å². The first-order chi connectivity index (χ1) is 15.7. The number of piperidine rings is 1.